The molecule has 0 aliphatic heterocycles. The van der Waals surface area contributed by atoms with Gasteiger partial charge in [0.1, 0.15) is 11.4 Å². The molecular formula is C11H11N3O3. The maximum absolute atomic E-state index is 10.8. The lowest BCUT2D eigenvalue weighted by molar-refractivity contribution is 0.0690. The molecule has 0 radical (unpaired) electrons. The van der Waals surface area contributed by atoms with E-state index in [1.807, 2.05) is 6.92 Å². The molecule has 88 valence electrons. The first-order valence-corrected chi connectivity index (χ1v) is 4.90. The van der Waals surface area contributed by atoms with Crippen molar-refractivity contribution in [2.24, 2.45) is 0 Å². The van der Waals surface area contributed by atoms with E-state index in [0.717, 1.165) is 5.69 Å². The summed E-state index contributed by atoms with van der Waals surface area (Å²) in [7, 11) is 1.48. The van der Waals surface area contributed by atoms with Gasteiger partial charge in [0.25, 0.3) is 0 Å². The zero-order valence-electron chi connectivity index (χ0n) is 9.41. The SMILES string of the molecule is COc1cc(C(=O)O)ncc1-n1cnc(C)c1. The van der Waals surface area contributed by atoms with Crippen molar-refractivity contribution in [3.8, 4) is 11.4 Å². The molecule has 0 saturated carbocycles. The Bertz CT molecular complexity index is 563. The molecule has 1 N–H and O–H groups in total. The Labute approximate surface area is 97.5 Å². The molecule has 6 heteroatoms. The highest BCUT2D eigenvalue weighted by Gasteiger charge is 2.11. The third-order valence-corrected chi connectivity index (χ3v) is 2.28. The molecule has 6 nitrogen and oxygen atoms in total. The maximum Gasteiger partial charge on any atom is 0.354 e. The van der Waals surface area contributed by atoms with Crippen LogP contribution in [0.5, 0.6) is 5.75 Å². The highest BCUT2D eigenvalue weighted by Crippen LogP contribution is 2.22. The Balaban J connectivity index is 2.51. The van der Waals surface area contributed by atoms with Crippen LogP contribution in [0.25, 0.3) is 5.69 Å². The molecule has 2 rings (SSSR count). The van der Waals surface area contributed by atoms with E-state index >= 15 is 0 Å². The maximum atomic E-state index is 10.8. The monoisotopic (exact) mass is 233 g/mol. The number of hydrogen-bond donors (Lipinski definition) is 1. The number of ether oxygens (including phenoxy) is 1. The van der Waals surface area contributed by atoms with Crippen molar-refractivity contribution in [1.29, 1.82) is 0 Å². The van der Waals surface area contributed by atoms with Crippen molar-refractivity contribution < 1.29 is 14.6 Å². The van der Waals surface area contributed by atoms with E-state index in [4.69, 9.17) is 9.84 Å². The van der Waals surface area contributed by atoms with Gasteiger partial charge in [-0.3, -0.25) is 0 Å². The van der Waals surface area contributed by atoms with Crippen LogP contribution in [0.4, 0.5) is 0 Å². The van der Waals surface area contributed by atoms with Gasteiger partial charge in [0.2, 0.25) is 0 Å². The van der Waals surface area contributed by atoms with Crippen LogP contribution < -0.4 is 4.74 Å². The first kappa shape index (κ1) is 11.1. The summed E-state index contributed by atoms with van der Waals surface area (Å²) in [6.45, 7) is 1.86. The minimum absolute atomic E-state index is 0.0533. The molecule has 0 spiro atoms. The molecule has 0 atom stereocenters. The summed E-state index contributed by atoms with van der Waals surface area (Å²) in [5, 5.41) is 8.83. The van der Waals surface area contributed by atoms with Gasteiger partial charge in [-0.05, 0) is 6.92 Å². The smallest absolute Gasteiger partial charge is 0.354 e. The number of carboxylic acid groups (broad SMARTS) is 1. The topological polar surface area (TPSA) is 77.2 Å². The number of pyridine rings is 1. The number of aromatic nitrogens is 3. The summed E-state index contributed by atoms with van der Waals surface area (Å²) in [5.41, 5.74) is 1.45. The highest BCUT2D eigenvalue weighted by atomic mass is 16.5. The van der Waals surface area contributed by atoms with E-state index in [1.165, 1.54) is 19.4 Å². The molecule has 0 saturated heterocycles. The van der Waals surface area contributed by atoms with Crippen LogP contribution in [0.1, 0.15) is 16.2 Å². The van der Waals surface area contributed by atoms with Gasteiger partial charge in [-0.15, -0.1) is 0 Å². The van der Waals surface area contributed by atoms with E-state index in [2.05, 4.69) is 9.97 Å². The van der Waals surface area contributed by atoms with E-state index < -0.39 is 5.97 Å². The molecule has 0 bridgehead atoms. The van der Waals surface area contributed by atoms with Gasteiger partial charge >= 0.3 is 5.97 Å². The molecule has 2 aromatic heterocycles. The molecule has 17 heavy (non-hydrogen) atoms. The van der Waals surface area contributed by atoms with Crippen LogP contribution in [0.3, 0.4) is 0 Å². The first-order valence-electron chi connectivity index (χ1n) is 4.90. The molecule has 2 aromatic rings. The highest BCUT2D eigenvalue weighted by molar-refractivity contribution is 5.86. The van der Waals surface area contributed by atoms with Crippen molar-refractivity contribution >= 4 is 5.97 Å². The van der Waals surface area contributed by atoms with E-state index in [9.17, 15) is 4.79 Å². The summed E-state index contributed by atoms with van der Waals surface area (Å²) >= 11 is 0. The fourth-order valence-corrected chi connectivity index (χ4v) is 1.46. The predicted molar refractivity (Wildman–Crippen MR) is 59.6 cm³/mol. The number of aromatic carboxylic acids is 1. The third kappa shape index (κ3) is 2.10. The van der Waals surface area contributed by atoms with Crippen LogP contribution in [-0.2, 0) is 0 Å². The molecular weight excluding hydrogens is 222 g/mol. The number of nitrogens with zero attached hydrogens (tertiary/aromatic N) is 3. The van der Waals surface area contributed by atoms with Crippen LogP contribution >= 0.6 is 0 Å². The Morgan fingerprint density at radius 1 is 1.47 bits per heavy atom. The summed E-state index contributed by atoms with van der Waals surface area (Å²) in [4.78, 5) is 18.7. The van der Waals surface area contributed by atoms with E-state index in [1.54, 1.807) is 17.1 Å². The standard InChI is InChI=1S/C11H11N3O3/c1-7-5-14(6-13-7)9-4-12-8(11(15)16)3-10(9)17-2/h3-6H,1-2H3,(H,15,16). The van der Waals surface area contributed by atoms with Crippen molar-refractivity contribution in [2.45, 2.75) is 6.92 Å². The van der Waals surface area contributed by atoms with E-state index in [0.29, 0.717) is 11.4 Å². The first-order chi connectivity index (χ1) is 8.11. The molecule has 0 amide bonds. The predicted octanol–water partition coefficient (Wildman–Crippen LogP) is 1.28. The molecule has 0 aliphatic carbocycles. The number of aryl methyl sites for hydroxylation is 1. The van der Waals surface area contributed by atoms with Crippen molar-refractivity contribution in [3.05, 3.63) is 36.2 Å². The Morgan fingerprint density at radius 3 is 2.76 bits per heavy atom. The second kappa shape index (κ2) is 4.25. The lowest BCUT2D eigenvalue weighted by Crippen LogP contribution is -2.04. The van der Waals surface area contributed by atoms with Crippen LogP contribution in [0, 0.1) is 6.92 Å². The second-order valence-electron chi connectivity index (χ2n) is 3.47. The number of rotatable bonds is 3. The third-order valence-electron chi connectivity index (χ3n) is 2.28. The molecule has 0 aromatic carbocycles. The van der Waals surface area contributed by atoms with Crippen LogP contribution in [0.15, 0.2) is 24.8 Å². The largest absolute Gasteiger partial charge is 0.494 e. The number of imidazole rings is 1. The number of methoxy groups -OCH3 is 1. The minimum atomic E-state index is -1.09. The van der Waals surface area contributed by atoms with Gasteiger partial charge in [0, 0.05) is 12.3 Å². The normalized spacial score (nSPS) is 10.2. The summed E-state index contributed by atoms with van der Waals surface area (Å²) in [6.07, 6.45) is 4.87. The summed E-state index contributed by atoms with van der Waals surface area (Å²) in [5.74, 6) is -0.647. The molecule has 0 fully saturated rings. The molecule has 2 heterocycles. The lowest BCUT2D eigenvalue weighted by atomic mass is 10.3. The average Bonchev–Trinajstić information content (AvgIpc) is 2.74. The Morgan fingerprint density at radius 2 is 2.24 bits per heavy atom. The van der Waals surface area contributed by atoms with Gasteiger partial charge < -0.3 is 14.4 Å². The van der Waals surface area contributed by atoms with Crippen LogP contribution in [-0.4, -0.2) is 32.7 Å². The zero-order valence-corrected chi connectivity index (χ0v) is 9.41. The lowest BCUT2D eigenvalue weighted by Gasteiger charge is -2.08. The average molecular weight is 233 g/mol. The van der Waals surface area contributed by atoms with Gasteiger partial charge in [0.15, 0.2) is 5.69 Å². The fraction of sp³-hybridized carbons (Fsp3) is 0.182. The van der Waals surface area contributed by atoms with Gasteiger partial charge in [-0.1, -0.05) is 0 Å². The summed E-state index contributed by atoms with van der Waals surface area (Å²) < 4.78 is 6.88. The van der Waals surface area contributed by atoms with Crippen LogP contribution in [0.2, 0.25) is 0 Å². The van der Waals surface area contributed by atoms with Crippen molar-refractivity contribution in [2.75, 3.05) is 7.11 Å². The fourth-order valence-electron chi connectivity index (χ4n) is 1.46. The summed E-state index contributed by atoms with van der Waals surface area (Å²) in [6, 6.07) is 1.38. The number of carboxylic acids is 1. The molecule has 0 unspecified atom stereocenters. The van der Waals surface area contributed by atoms with Crippen molar-refractivity contribution in [3.63, 3.8) is 0 Å². The molecule has 0 aliphatic rings. The number of carbonyl (C=O) groups is 1. The quantitative estimate of drug-likeness (QED) is 0.864. The van der Waals surface area contributed by atoms with Gasteiger partial charge in [-0.2, -0.15) is 0 Å². The van der Waals surface area contributed by atoms with E-state index in [-0.39, 0.29) is 5.69 Å². The zero-order chi connectivity index (χ0) is 12.4. The van der Waals surface area contributed by atoms with Crippen molar-refractivity contribution in [1.82, 2.24) is 14.5 Å². The Kier molecular flexibility index (Phi) is 2.78. The Hall–Kier alpha value is -2.37. The van der Waals surface area contributed by atoms with Gasteiger partial charge in [0.05, 0.1) is 25.3 Å². The minimum Gasteiger partial charge on any atom is -0.494 e. The number of hydrogen-bond acceptors (Lipinski definition) is 4. The van der Waals surface area contributed by atoms with Gasteiger partial charge in [-0.25, -0.2) is 14.8 Å². The second-order valence-corrected chi connectivity index (χ2v) is 3.47.